The Kier molecular flexibility index (Phi) is 3.09. The van der Waals surface area contributed by atoms with Crippen molar-refractivity contribution in [1.82, 2.24) is 10.2 Å². The molecule has 0 aliphatic carbocycles. The van der Waals surface area contributed by atoms with Crippen LogP contribution in [0.2, 0.25) is 0 Å². The van der Waals surface area contributed by atoms with Crippen molar-refractivity contribution in [3.63, 3.8) is 0 Å². The van der Waals surface area contributed by atoms with Gasteiger partial charge in [-0.15, -0.1) is 0 Å². The predicted molar refractivity (Wildman–Crippen MR) is 70.6 cm³/mol. The molecule has 6 nitrogen and oxygen atoms in total. The van der Waals surface area contributed by atoms with Crippen molar-refractivity contribution in [2.45, 2.75) is 25.9 Å². The number of methoxy groups -OCH3 is 1. The molecule has 6 heteroatoms. The molecule has 2 rings (SSSR count). The molecule has 3 amide bonds. The van der Waals surface area contributed by atoms with Crippen LogP contribution in [0, 0.1) is 0 Å². The summed E-state index contributed by atoms with van der Waals surface area (Å²) < 4.78 is 5.21. The minimum Gasteiger partial charge on any atom is -0.496 e. The van der Waals surface area contributed by atoms with Gasteiger partial charge in [-0.2, -0.15) is 0 Å². The van der Waals surface area contributed by atoms with Gasteiger partial charge in [0.15, 0.2) is 0 Å². The Balaban J connectivity index is 2.27. The number of hydrogen-bond donors (Lipinski definition) is 2. The molecule has 1 aliphatic rings. The fraction of sp³-hybridized carbons (Fsp3) is 0.385. The highest BCUT2D eigenvalue weighted by Crippen LogP contribution is 2.26. The molecule has 1 saturated heterocycles. The van der Waals surface area contributed by atoms with E-state index in [0.717, 1.165) is 5.56 Å². The van der Waals surface area contributed by atoms with Gasteiger partial charge in [-0.05, 0) is 19.9 Å². The van der Waals surface area contributed by atoms with Crippen molar-refractivity contribution in [1.29, 1.82) is 0 Å². The summed E-state index contributed by atoms with van der Waals surface area (Å²) >= 11 is 0. The van der Waals surface area contributed by atoms with Gasteiger partial charge in [0.25, 0.3) is 5.91 Å². The SMILES string of the molecule is COc1cc(N)ccc1CN1C(=O)NC(C)(C)C1=O. The van der Waals surface area contributed by atoms with E-state index in [4.69, 9.17) is 10.5 Å². The van der Waals surface area contributed by atoms with Crippen LogP contribution in [0.3, 0.4) is 0 Å². The van der Waals surface area contributed by atoms with E-state index >= 15 is 0 Å². The van der Waals surface area contributed by atoms with Crippen molar-refractivity contribution in [2.24, 2.45) is 0 Å². The average molecular weight is 263 g/mol. The van der Waals surface area contributed by atoms with E-state index in [1.807, 2.05) is 0 Å². The standard InChI is InChI=1S/C13H17N3O3/c1-13(2)11(17)16(12(18)15-13)7-8-4-5-9(14)6-10(8)19-3/h4-6H,7,14H2,1-3H3,(H,15,18). The summed E-state index contributed by atoms with van der Waals surface area (Å²) in [5.74, 6) is 0.307. The fourth-order valence-corrected chi connectivity index (χ4v) is 2.02. The normalized spacial score (nSPS) is 17.5. The molecule has 3 N–H and O–H groups in total. The number of rotatable bonds is 3. The Morgan fingerprint density at radius 2 is 2.05 bits per heavy atom. The third kappa shape index (κ3) is 2.33. The van der Waals surface area contributed by atoms with Crippen LogP contribution in [-0.2, 0) is 11.3 Å². The minimum atomic E-state index is -0.863. The summed E-state index contributed by atoms with van der Waals surface area (Å²) in [6.45, 7) is 3.51. The molecule has 1 aromatic carbocycles. The molecule has 1 heterocycles. The first-order valence-corrected chi connectivity index (χ1v) is 5.91. The Hall–Kier alpha value is -2.24. The molecule has 0 unspecified atom stereocenters. The molecule has 0 spiro atoms. The number of ether oxygens (including phenoxy) is 1. The molecule has 0 bridgehead atoms. The lowest BCUT2D eigenvalue weighted by molar-refractivity contribution is -0.130. The zero-order valence-electron chi connectivity index (χ0n) is 11.2. The van der Waals surface area contributed by atoms with Crippen LogP contribution in [0.25, 0.3) is 0 Å². The molecule has 102 valence electrons. The van der Waals surface area contributed by atoms with E-state index in [0.29, 0.717) is 11.4 Å². The van der Waals surface area contributed by atoms with Crippen molar-refractivity contribution in [2.75, 3.05) is 12.8 Å². The lowest BCUT2D eigenvalue weighted by atomic mass is 10.1. The molecule has 0 atom stereocenters. The van der Waals surface area contributed by atoms with Gasteiger partial charge in [0, 0.05) is 17.3 Å². The van der Waals surface area contributed by atoms with Gasteiger partial charge in [-0.3, -0.25) is 9.69 Å². The highest BCUT2D eigenvalue weighted by Gasteiger charge is 2.44. The second-order valence-electron chi connectivity index (χ2n) is 5.02. The number of hydrogen-bond acceptors (Lipinski definition) is 4. The van der Waals surface area contributed by atoms with Crippen LogP contribution in [0.15, 0.2) is 18.2 Å². The average Bonchev–Trinajstić information content (AvgIpc) is 2.53. The predicted octanol–water partition coefficient (Wildman–Crippen LogP) is 1.11. The number of nitrogen functional groups attached to an aromatic ring is 1. The summed E-state index contributed by atoms with van der Waals surface area (Å²) in [6.07, 6.45) is 0. The zero-order valence-corrected chi connectivity index (χ0v) is 11.2. The molecule has 1 aliphatic heterocycles. The summed E-state index contributed by atoms with van der Waals surface area (Å²) in [5.41, 5.74) is 6.11. The van der Waals surface area contributed by atoms with E-state index in [1.165, 1.54) is 12.0 Å². The van der Waals surface area contributed by atoms with E-state index in [1.54, 1.807) is 32.0 Å². The number of urea groups is 1. The number of nitrogens with one attached hydrogen (secondary N) is 1. The van der Waals surface area contributed by atoms with Gasteiger partial charge in [0.1, 0.15) is 11.3 Å². The van der Waals surface area contributed by atoms with Gasteiger partial charge in [-0.25, -0.2) is 4.79 Å². The summed E-state index contributed by atoms with van der Waals surface area (Å²) in [4.78, 5) is 25.1. The smallest absolute Gasteiger partial charge is 0.325 e. The summed E-state index contributed by atoms with van der Waals surface area (Å²) in [6, 6.07) is 4.73. The summed E-state index contributed by atoms with van der Waals surface area (Å²) in [7, 11) is 1.52. The second-order valence-corrected chi connectivity index (χ2v) is 5.02. The molecular formula is C13H17N3O3. The van der Waals surface area contributed by atoms with Gasteiger partial charge in [0.05, 0.1) is 13.7 Å². The maximum Gasteiger partial charge on any atom is 0.325 e. The zero-order chi connectivity index (χ0) is 14.2. The highest BCUT2D eigenvalue weighted by molar-refractivity contribution is 6.06. The Labute approximate surface area is 111 Å². The van der Waals surface area contributed by atoms with Crippen molar-refractivity contribution in [3.05, 3.63) is 23.8 Å². The van der Waals surface area contributed by atoms with E-state index < -0.39 is 11.6 Å². The first kappa shape index (κ1) is 13.2. The molecule has 1 fully saturated rings. The molecule has 19 heavy (non-hydrogen) atoms. The molecule has 1 aromatic rings. The number of nitrogens with two attached hydrogens (primary N) is 1. The Morgan fingerprint density at radius 3 is 2.58 bits per heavy atom. The number of benzene rings is 1. The first-order chi connectivity index (χ1) is 8.85. The van der Waals surface area contributed by atoms with Crippen LogP contribution >= 0.6 is 0 Å². The van der Waals surface area contributed by atoms with Gasteiger partial charge >= 0.3 is 6.03 Å². The number of nitrogens with zero attached hydrogens (tertiary/aromatic N) is 1. The number of imide groups is 1. The van der Waals surface area contributed by atoms with Gasteiger partial charge < -0.3 is 15.8 Å². The number of anilines is 1. The van der Waals surface area contributed by atoms with E-state index in [-0.39, 0.29) is 12.5 Å². The monoisotopic (exact) mass is 263 g/mol. The Morgan fingerprint density at radius 1 is 1.37 bits per heavy atom. The highest BCUT2D eigenvalue weighted by atomic mass is 16.5. The van der Waals surface area contributed by atoms with Gasteiger partial charge in [-0.1, -0.05) is 6.07 Å². The molecule has 0 radical (unpaired) electrons. The van der Waals surface area contributed by atoms with E-state index in [2.05, 4.69) is 5.32 Å². The molecular weight excluding hydrogens is 246 g/mol. The van der Waals surface area contributed by atoms with Crippen molar-refractivity contribution < 1.29 is 14.3 Å². The van der Waals surface area contributed by atoms with Crippen LogP contribution < -0.4 is 15.8 Å². The number of amides is 3. The molecule has 0 aromatic heterocycles. The molecule has 0 saturated carbocycles. The second kappa shape index (κ2) is 4.46. The third-order valence-corrected chi connectivity index (χ3v) is 3.08. The number of carbonyl (C=O) groups excluding carboxylic acids is 2. The van der Waals surface area contributed by atoms with Crippen LogP contribution in [0.4, 0.5) is 10.5 Å². The van der Waals surface area contributed by atoms with Crippen LogP contribution in [0.1, 0.15) is 19.4 Å². The lowest BCUT2D eigenvalue weighted by Crippen LogP contribution is -2.40. The quantitative estimate of drug-likeness (QED) is 0.632. The third-order valence-electron chi connectivity index (χ3n) is 3.08. The topological polar surface area (TPSA) is 84.7 Å². The van der Waals surface area contributed by atoms with Crippen LogP contribution in [0.5, 0.6) is 5.75 Å². The van der Waals surface area contributed by atoms with Crippen molar-refractivity contribution >= 4 is 17.6 Å². The van der Waals surface area contributed by atoms with Crippen LogP contribution in [-0.4, -0.2) is 29.5 Å². The minimum absolute atomic E-state index is 0.164. The fourth-order valence-electron chi connectivity index (χ4n) is 2.02. The summed E-state index contributed by atoms with van der Waals surface area (Å²) in [5, 5.41) is 2.63. The van der Waals surface area contributed by atoms with Gasteiger partial charge in [0.2, 0.25) is 0 Å². The number of carbonyl (C=O) groups is 2. The maximum absolute atomic E-state index is 12.1. The largest absolute Gasteiger partial charge is 0.496 e. The Bertz CT molecular complexity index is 540. The first-order valence-electron chi connectivity index (χ1n) is 5.91. The maximum atomic E-state index is 12.1. The van der Waals surface area contributed by atoms with E-state index in [9.17, 15) is 9.59 Å². The van der Waals surface area contributed by atoms with Crippen molar-refractivity contribution in [3.8, 4) is 5.75 Å². The lowest BCUT2D eigenvalue weighted by Gasteiger charge is -2.17.